The topological polar surface area (TPSA) is 90.6 Å². The third-order valence-corrected chi connectivity index (χ3v) is 4.07. The van der Waals surface area contributed by atoms with Gasteiger partial charge in [0.15, 0.2) is 0 Å². The Morgan fingerprint density at radius 3 is 3.06 bits per heavy atom. The fourth-order valence-electron chi connectivity index (χ4n) is 2.09. The zero-order valence-corrected chi connectivity index (χ0v) is 10.5. The fourth-order valence-corrected chi connectivity index (χ4v) is 3.23. The highest BCUT2D eigenvalue weighted by molar-refractivity contribution is 7.99. The van der Waals surface area contributed by atoms with Crippen molar-refractivity contribution in [2.45, 2.75) is 37.5 Å². The molecule has 0 saturated heterocycles. The Hall–Kier alpha value is -1.24. The highest BCUT2D eigenvalue weighted by Gasteiger charge is 2.26. The third-order valence-electron chi connectivity index (χ3n) is 2.84. The van der Waals surface area contributed by atoms with Crippen molar-refractivity contribution in [3.05, 3.63) is 16.3 Å². The molecule has 2 atom stereocenters. The molecule has 1 saturated carbocycles. The molecule has 7 heteroatoms. The lowest BCUT2D eigenvalue weighted by Crippen LogP contribution is -2.34. The van der Waals surface area contributed by atoms with Crippen molar-refractivity contribution in [2.24, 2.45) is 0 Å². The number of thioether (sulfide) groups is 1. The monoisotopic (exact) mass is 256 g/mol. The van der Waals surface area contributed by atoms with E-state index >= 15 is 0 Å². The second-order valence-corrected chi connectivity index (χ2v) is 5.66. The first-order valence-electron chi connectivity index (χ1n) is 5.76. The minimum absolute atomic E-state index is 0.0570. The largest absolute Gasteiger partial charge is 0.347 e. The molecule has 6 nitrogen and oxygen atoms in total. The number of carbonyl (C=O) groups excluding carboxylic acids is 1. The van der Waals surface area contributed by atoms with Gasteiger partial charge in [-0.3, -0.25) is 9.78 Å². The number of aromatic amines is 2. The molecule has 1 aliphatic carbocycles. The zero-order chi connectivity index (χ0) is 12.3. The van der Waals surface area contributed by atoms with Crippen molar-refractivity contribution < 1.29 is 4.79 Å². The summed E-state index contributed by atoms with van der Waals surface area (Å²) in [5, 5.41) is 9.31. The lowest BCUT2D eigenvalue weighted by Gasteiger charge is -2.11. The summed E-state index contributed by atoms with van der Waals surface area (Å²) in [6, 6.07) is 0.201. The molecule has 0 radical (unpaired) electrons. The molecular formula is C10H16N4O2S. The van der Waals surface area contributed by atoms with Gasteiger partial charge < -0.3 is 5.32 Å². The van der Waals surface area contributed by atoms with E-state index in [-0.39, 0.29) is 17.8 Å². The minimum atomic E-state index is -0.457. The number of nitrogens with zero attached hydrogens (tertiary/aromatic N) is 1. The fraction of sp³-hybridized carbons (Fsp3) is 0.700. The lowest BCUT2D eigenvalue weighted by atomic mass is 10.2. The van der Waals surface area contributed by atoms with Crippen molar-refractivity contribution in [1.29, 1.82) is 0 Å². The Bertz CT molecular complexity index is 442. The quantitative estimate of drug-likeness (QED) is 0.731. The summed E-state index contributed by atoms with van der Waals surface area (Å²) in [6.45, 7) is 2.14. The summed E-state index contributed by atoms with van der Waals surface area (Å²) < 4.78 is 0. The predicted molar refractivity (Wildman–Crippen MR) is 66.2 cm³/mol. The summed E-state index contributed by atoms with van der Waals surface area (Å²) in [6.07, 6.45) is 3.14. The number of H-pyrrole nitrogens is 2. The van der Waals surface area contributed by atoms with Crippen molar-refractivity contribution in [3.63, 3.8) is 0 Å². The Kier molecular flexibility index (Phi) is 3.88. The predicted octanol–water partition coefficient (Wildman–Crippen LogP) is 0.502. The summed E-state index contributed by atoms with van der Waals surface area (Å²) in [7, 11) is 0. The van der Waals surface area contributed by atoms with E-state index in [1.54, 1.807) is 0 Å². The van der Waals surface area contributed by atoms with Gasteiger partial charge in [0.25, 0.3) is 5.91 Å². The molecule has 1 aliphatic rings. The standard InChI is InChI=1S/C10H16N4O2S/c1-2-17-7-4-3-6(5-7)11-9(15)8-12-10(16)14-13-8/h6-7H,2-5H2,1H3,(H,11,15)(H2,12,13,14,16). The first-order chi connectivity index (χ1) is 8.19. The maximum atomic E-state index is 11.7. The lowest BCUT2D eigenvalue weighted by molar-refractivity contribution is 0.0928. The minimum Gasteiger partial charge on any atom is -0.347 e. The Labute approximate surface area is 103 Å². The maximum Gasteiger partial charge on any atom is 0.341 e. The van der Waals surface area contributed by atoms with Crippen molar-refractivity contribution in [1.82, 2.24) is 20.5 Å². The van der Waals surface area contributed by atoms with E-state index in [1.807, 2.05) is 11.8 Å². The second kappa shape index (κ2) is 5.39. The van der Waals surface area contributed by atoms with Gasteiger partial charge in [-0.1, -0.05) is 6.92 Å². The molecule has 2 unspecified atom stereocenters. The van der Waals surface area contributed by atoms with Gasteiger partial charge in [-0.2, -0.15) is 11.8 Å². The number of amides is 1. The Balaban J connectivity index is 1.86. The smallest absolute Gasteiger partial charge is 0.341 e. The number of hydrogen-bond donors (Lipinski definition) is 3. The molecule has 94 valence electrons. The van der Waals surface area contributed by atoms with E-state index in [0.717, 1.165) is 25.0 Å². The normalized spacial score (nSPS) is 23.8. The molecular weight excluding hydrogens is 240 g/mol. The summed E-state index contributed by atoms with van der Waals surface area (Å²) in [5.41, 5.74) is -0.457. The van der Waals surface area contributed by atoms with Gasteiger partial charge in [-0.15, -0.1) is 5.10 Å². The van der Waals surface area contributed by atoms with Crippen LogP contribution in [0, 0.1) is 0 Å². The molecule has 0 spiro atoms. The average molecular weight is 256 g/mol. The van der Waals surface area contributed by atoms with E-state index in [0.29, 0.717) is 5.25 Å². The van der Waals surface area contributed by atoms with E-state index in [9.17, 15) is 9.59 Å². The highest BCUT2D eigenvalue weighted by atomic mass is 32.2. The van der Waals surface area contributed by atoms with Crippen LogP contribution in [-0.2, 0) is 0 Å². The number of carbonyl (C=O) groups is 1. The van der Waals surface area contributed by atoms with E-state index in [2.05, 4.69) is 27.4 Å². The van der Waals surface area contributed by atoms with Crippen LogP contribution in [0.25, 0.3) is 0 Å². The Morgan fingerprint density at radius 1 is 1.59 bits per heavy atom. The van der Waals surface area contributed by atoms with Crippen LogP contribution in [0.3, 0.4) is 0 Å². The van der Waals surface area contributed by atoms with Gasteiger partial charge in [-0.25, -0.2) is 9.89 Å². The van der Waals surface area contributed by atoms with Crippen LogP contribution in [0.15, 0.2) is 4.79 Å². The molecule has 1 fully saturated rings. The zero-order valence-electron chi connectivity index (χ0n) is 9.66. The van der Waals surface area contributed by atoms with Crippen LogP contribution in [-0.4, -0.2) is 38.1 Å². The second-order valence-electron chi connectivity index (χ2n) is 4.09. The van der Waals surface area contributed by atoms with Crippen LogP contribution in [0.4, 0.5) is 0 Å². The van der Waals surface area contributed by atoms with E-state index < -0.39 is 5.69 Å². The van der Waals surface area contributed by atoms with Crippen molar-refractivity contribution in [2.75, 3.05) is 5.75 Å². The first kappa shape index (κ1) is 12.2. The molecule has 1 heterocycles. The van der Waals surface area contributed by atoms with Crippen LogP contribution in [0.5, 0.6) is 0 Å². The summed E-state index contributed by atoms with van der Waals surface area (Å²) in [5.74, 6) is 0.856. The van der Waals surface area contributed by atoms with Gasteiger partial charge in [0.1, 0.15) is 0 Å². The van der Waals surface area contributed by atoms with Gasteiger partial charge in [0.05, 0.1) is 0 Å². The molecule has 1 amide bonds. The molecule has 0 aromatic carbocycles. The number of hydrogen-bond acceptors (Lipinski definition) is 4. The molecule has 0 aliphatic heterocycles. The SMILES string of the molecule is CCSC1CCC(NC(=O)c2n[nH]c(=O)[nH]2)C1. The molecule has 0 bridgehead atoms. The van der Waals surface area contributed by atoms with Crippen LogP contribution >= 0.6 is 11.8 Å². The Morgan fingerprint density at radius 2 is 2.41 bits per heavy atom. The van der Waals surface area contributed by atoms with Crippen molar-refractivity contribution >= 4 is 17.7 Å². The van der Waals surface area contributed by atoms with Crippen molar-refractivity contribution in [3.8, 4) is 0 Å². The average Bonchev–Trinajstić information content (AvgIpc) is 2.88. The summed E-state index contributed by atoms with van der Waals surface area (Å²) >= 11 is 1.94. The van der Waals surface area contributed by atoms with E-state index in [4.69, 9.17) is 0 Å². The molecule has 1 aromatic rings. The van der Waals surface area contributed by atoms with Crippen LogP contribution < -0.4 is 11.0 Å². The molecule has 17 heavy (non-hydrogen) atoms. The highest BCUT2D eigenvalue weighted by Crippen LogP contribution is 2.29. The molecule has 1 aromatic heterocycles. The van der Waals surface area contributed by atoms with E-state index in [1.165, 1.54) is 0 Å². The number of rotatable bonds is 4. The van der Waals surface area contributed by atoms with Crippen LogP contribution in [0.1, 0.15) is 36.8 Å². The van der Waals surface area contributed by atoms with Crippen LogP contribution in [0.2, 0.25) is 0 Å². The third kappa shape index (κ3) is 3.12. The summed E-state index contributed by atoms with van der Waals surface area (Å²) in [4.78, 5) is 24.9. The molecule has 3 N–H and O–H groups in total. The maximum absolute atomic E-state index is 11.7. The van der Waals surface area contributed by atoms with Gasteiger partial charge >= 0.3 is 5.69 Å². The molecule has 2 rings (SSSR count). The van der Waals surface area contributed by atoms with Gasteiger partial charge in [0, 0.05) is 11.3 Å². The van der Waals surface area contributed by atoms with Gasteiger partial charge in [0.2, 0.25) is 5.82 Å². The number of aromatic nitrogens is 3. The number of nitrogens with one attached hydrogen (secondary N) is 3. The van der Waals surface area contributed by atoms with Gasteiger partial charge in [-0.05, 0) is 25.0 Å². The first-order valence-corrected chi connectivity index (χ1v) is 6.81.